The maximum atomic E-state index is 13.8. The summed E-state index contributed by atoms with van der Waals surface area (Å²) in [4.78, 5) is 10.4. The molecular weight excluding hydrogens is 337 g/mol. The van der Waals surface area contributed by atoms with Gasteiger partial charge in [0.25, 0.3) is 0 Å². The monoisotopic (exact) mass is 351 g/mol. The summed E-state index contributed by atoms with van der Waals surface area (Å²) in [5.74, 6) is 0.190. The van der Waals surface area contributed by atoms with Gasteiger partial charge in [-0.05, 0) is 36.4 Å². The Labute approximate surface area is 148 Å². The molecule has 0 bridgehead atoms. The Bertz CT molecular complexity index is 1040. The summed E-state index contributed by atoms with van der Waals surface area (Å²) >= 11 is 0. The van der Waals surface area contributed by atoms with Crippen LogP contribution in [-0.4, -0.2) is 34.4 Å². The molecule has 2 aromatic carbocycles. The van der Waals surface area contributed by atoms with E-state index in [9.17, 15) is 4.39 Å². The Morgan fingerprint density at radius 1 is 0.808 bits per heavy atom. The molecular formula is C18H14FN5O2. The van der Waals surface area contributed by atoms with Gasteiger partial charge in [-0.2, -0.15) is 9.97 Å². The van der Waals surface area contributed by atoms with Gasteiger partial charge in [0.05, 0.1) is 5.56 Å². The molecule has 0 radical (unpaired) electrons. The van der Waals surface area contributed by atoms with Crippen LogP contribution < -0.4 is 4.90 Å². The molecule has 0 saturated heterocycles. The van der Waals surface area contributed by atoms with E-state index in [0.717, 1.165) is 11.3 Å². The third-order valence-corrected chi connectivity index (χ3v) is 3.79. The van der Waals surface area contributed by atoms with Crippen molar-refractivity contribution < 1.29 is 13.4 Å². The van der Waals surface area contributed by atoms with Crippen molar-refractivity contribution in [2.75, 3.05) is 19.0 Å². The van der Waals surface area contributed by atoms with Gasteiger partial charge in [0.1, 0.15) is 5.82 Å². The zero-order valence-electron chi connectivity index (χ0n) is 14.0. The largest absolute Gasteiger partial charge is 0.378 e. The number of rotatable bonds is 4. The molecule has 26 heavy (non-hydrogen) atoms. The van der Waals surface area contributed by atoms with Crippen molar-refractivity contribution in [1.82, 2.24) is 20.3 Å². The van der Waals surface area contributed by atoms with Gasteiger partial charge in [0, 0.05) is 25.3 Å². The van der Waals surface area contributed by atoms with E-state index in [0.29, 0.717) is 5.82 Å². The van der Waals surface area contributed by atoms with Crippen molar-refractivity contribution in [3.8, 4) is 34.6 Å². The zero-order valence-corrected chi connectivity index (χ0v) is 14.0. The predicted octanol–water partition coefficient (Wildman–Crippen LogP) is 3.66. The highest BCUT2D eigenvalue weighted by Gasteiger charge is 2.19. The number of nitrogens with zero attached hydrogens (tertiary/aromatic N) is 5. The van der Waals surface area contributed by atoms with E-state index in [1.807, 2.05) is 43.3 Å². The molecule has 0 atom stereocenters. The van der Waals surface area contributed by atoms with Crippen LogP contribution in [0.15, 0.2) is 57.6 Å². The van der Waals surface area contributed by atoms with Gasteiger partial charge < -0.3 is 13.9 Å². The molecule has 0 amide bonds. The normalized spacial score (nSPS) is 10.9. The molecule has 2 aromatic heterocycles. The Hall–Kier alpha value is -3.55. The van der Waals surface area contributed by atoms with Crippen molar-refractivity contribution in [1.29, 1.82) is 0 Å². The average Bonchev–Trinajstić information content (AvgIpc) is 3.32. The number of hydrogen-bond acceptors (Lipinski definition) is 7. The van der Waals surface area contributed by atoms with Crippen molar-refractivity contribution >= 4 is 5.69 Å². The summed E-state index contributed by atoms with van der Waals surface area (Å²) in [6.45, 7) is 0. The number of aromatic nitrogens is 4. The molecule has 0 spiro atoms. The Morgan fingerprint density at radius 3 is 2.08 bits per heavy atom. The van der Waals surface area contributed by atoms with E-state index in [1.54, 1.807) is 18.2 Å². The third-order valence-electron chi connectivity index (χ3n) is 3.79. The standard InChI is InChI=1S/C18H14FN5O2/c1-24(2)12-9-7-11(8-10-12)15-20-17(25-22-15)18-21-16(23-26-18)13-5-3-4-6-14(13)19/h3-10H,1-2H3. The van der Waals surface area contributed by atoms with Crippen LogP contribution in [-0.2, 0) is 0 Å². The van der Waals surface area contributed by atoms with E-state index < -0.39 is 5.82 Å². The Morgan fingerprint density at radius 2 is 1.42 bits per heavy atom. The van der Waals surface area contributed by atoms with Crippen molar-refractivity contribution in [3.05, 3.63) is 54.3 Å². The van der Waals surface area contributed by atoms with Crippen LogP contribution in [0.1, 0.15) is 0 Å². The minimum absolute atomic E-state index is 0.0342. The van der Waals surface area contributed by atoms with Crippen LogP contribution in [0.2, 0.25) is 0 Å². The lowest BCUT2D eigenvalue weighted by atomic mass is 10.2. The first-order chi connectivity index (χ1) is 12.6. The molecule has 8 heteroatoms. The van der Waals surface area contributed by atoms with Gasteiger partial charge in [0.15, 0.2) is 0 Å². The fourth-order valence-corrected chi connectivity index (χ4v) is 2.40. The summed E-state index contributed by atoms with van der Waals surface area (Å²) < 4.78 is 24.2. The van der Waals surface area contributed by atoms with Crippen LogP contribution in [0.5, 0.6) is 0 Å². The van der Waals surface area contributed by atoms with Crippen molar-refractivity contribution in [2.45, 2.75) is 0 Å². The first-order valence-corrected chi connectivity index (χ1v) is 7.82. The van der Waals surface area contributed by atoms with Gasteiger partial charge in [-0.1, -0.05) is 22.4 Å². The molecule has 0 unspecified atom stereocenters. The van der Waals surface area contributed by atoms with Gasteiger partial charge in [-0.3, -0.25) is 0 Å². The molecule has 0 aliphatic heterocycles. The quantitative estimate of drug-likeness (QED) is 0.555. The summed E-state index contributed by atoms with van der Waals surface area (Å²) in [6.07, 6.45) is 0. The topological polar surface area (TPSA) is 81.1 Å². The Kier molecular flexibility index (Phi) is 3.92. The number of anilines is 1. The van der Waals surface area contributed by atoms with Gasteiger partial charge >= 0.3 is 11.8 Å². The number of halogens is 1. The molecule has 0 aliphatic rings. The molecule has 0 aliphatic carbocycles. The number of hydrogen-bond donors (Lipinski definition) is 0. The highest BCUT2D eigenvalue weighted by Crippen LogP contribution is 2.25. The second kappa shape index (κ2) is 6.40. The molecule has 0 fully saturated rings. The van der Waals surface area contributed by atoms with Crippen LogP contribution in [0, 0.1) is 5.82 Å². The van der Waals surface area contributed by atoms with E-state index in [2.05, 4.69) is 20.3 Å². The first kappa shape index (κ1) is 15.9. The molecule has 0 N–H and O–H groups in total. The molecule has 130 valence electrons. The summed E-state index contributed by atoms with van der Waals surface area (Å²) in [7, 11) is 3.92. The summed E-state index contributed by atoms with van der Waals surface area (Å²) in [5.41, 5.74) is 2.09. The minimum atomic E-state index is -0.438. The summed E-state index contributed by atoms with van der Waals surface area (Å²) in [6, 6.07) is 13.9. The SMILES string of the molecule is CN(C)c1ccc(-c2noc(-c3nc(-c4ccccc4F)no3)n2)cc1. The molecule has 4 aromatic rings. The van der Waals surface area contributed by atoms with Crippen LogP contribution in [0.4, 0.5) is 10.1 Å². The Balaban J connectivity index is 1.62. The van der Waals surface area contributed by atoms with Crippen LogP contribution in [0.3, 0.4) is 0 Å². The van der Waals surface area contributed by atoms with E-state index in [-0.39, 0.29) is 23.2 Å². The lowest BCUT2D eigenvalue weighted by Gasteiger charge is -2.11. The van der Waals surface area contributed by atoms with Gasteiger partial charge in [-0.15, -0.1) is 0 Å². The van der Waals surface area contributed by atoms with Crippen molar-refractivity contribution in [3.63, 3.8) is 0 Å². The maximum Gasteiger partial charge on any atom is 0.316 e. The minimum Gasteiger partial charge on any atom is -0.378 e. The fraction of sp³-hybridized carbons (Fsp3) is 0.111. The second-order valence-corrected chi connectivity index (χ2v) is 5.77. The van der Waals surface area contributed by atoms with E-state index in [4.69, 9.17) is 9.05 Å². The third kappa shape index (κ3) is 2.92. The molecule has 4 rings (SSSR count). The fourth-order valence-electron chi connectivity index (χ4n) is 2.40. The molecule has 0 saturated carbocycles. The van der Waals surface area contributed by atoms with Gasteiger partial charge in [0.2, 0.25) is 11.6 Å². The average molecular weight is 351 g/mol. The van der Waals surface area contributed by atoms with E-state index in [1.165, 1.54) is 6.07 Å². The predicted molar refractivity (Wildman–Crippen MR) is 92.7 cm³/mol. The highest BCUT2D eigenvalue weighted by molar-refractivity contribution is 5.61. The van der Waals surface area contributed by atoms with Crippen LogP contribution in [0.25, 0.3) is 34.6 Å². The molecule has 7 nitrogen and oxygen atoms in total. The lowest BCUT2D eigenvalue weighted by molar-refractivity contribution is 0.383. The zero-order chi connectivity index (χ0) is 18.1. The first-order valence-electron chi connectivity index (χ1n) is 7.82. The lowest BCUT2D eigenvalue weighted by Crippen LogP contribution is -2.07. The summed E-state index contributed by atoms with van der Waals surface area (Å²) in [5, 5.41) is 7.71. The smallest absolute Gasteiger partial charge is 0.316 e. The highest BCUT2D eigenvalue weighted by atomic mass is 19.1. The van der Waals surface area contributed by atoms with Crippen molar-refractivity contribution in [2.24, 2.45) is 0 Å². The number of benzene rings is 2. The van der Waals surface area contributed by atoms with Gasteiger partial charge in [-0.25, -0.2) is 4.39 Å². The van der Waals surface area contributed by atoms with E-state index >= 15 is 0 Å². The maximum absolute atomic E-state index is 13.8. The molecule has 2 heterocycles. The second-order valence-electron chi connectivity index (χ2n) is 5.77. The van der Waals surface area contributed by atoms with Crippen LogP contribution >= 0.6 is 0 Å².